The smallest absolute Gasteiger partial charge is 0.281 e. The highest BCUT2D eigenvalue weighted by atomic mass is 35.5. The first-order valence-electron chi connectivity index (χ1n) is 13.9. The first kappa shape index (κ1) is 31.1. The van der Waals surface area contributed by atoms with E-state index in [1.807, 2.05) is 74.5 Å². The number of hydrogen-bond donors (Lipinski definition) is 3. The third-order valence-electron chi connectivity index (χ3n) is 6.97. The average Bonchev–Trinajstić information content (AvgIpc) is 3.32. The summed E-state index contributed by atoms with van der Waals surface area (Å²) in [5.41, 5.74) is 5.62. The van der Waals surface area contributed by atoms with Crippen molar-refractivity contribution in [2.75, 3.05) is 18.9 Å². The fraction of sp³-hybridized carbons (Fsp3) is 0.312. The Labute approximate surface area is 251 Å². The van der Waals surface area contributed by atoms with E-state index in [1.165, 1.54) is 5.56 Å². The van der Waals surface area contributed by atoms with Gasteiger partial charge in [0.25, 0.3) is 5.91 Å². The van der Waals surface area contributed by atoms with E-state index >= 15 is 0 Å². The van der Waals surface area contributed by atoms with Crippen LogP contribution in [0.3, 0.4) is 0 Å². The van der Waals surface area contributed by atoms with E-state index in [-0.39, 0.29) is 24.6 Å². The zero-order valence-electron chi connectivity index (χ0n) is 24.1. The number of aryl methyl sites for hydroxylation is 4. The molecule has 0 aliphatic heterocycles. The summed E-state index contributed by atoms with van der Waals surface area (Å²) in [5, 5.41) is 4.03. The van der Waals surface area contributed by atoms with Crippen LogP contribution in [0.2, 0.25) is 5.02 Å². The number of aromatic nitrogens is 1. The number of carbonyl (C=O) groups is 2. The van der Waals surface area contributed by atoms with Crippen molar-refractivity contribution >= 4 is 44.3 Å². The molecule has 0 aliphatic rings. The van der Waals surface area contributed by atoms with E-state index in [0.717, 1.165) is 34.0 Å². The van der Waals surface area contributed by atoms with Gasteiger partial charge in [0.1, 0.15) is 11.4 Å². The zero-order chi connectivity index (χ0) is 30.3. The number of para-hydroxylation sites is 1. The number of hydrogen-bond acceptors (Lipinski definition) is 5. The Morgan fingerprint density at radius 2 is 1.71 bits per heavy atom. The number of benzene rings is 3. The molecule has 0 saturated heterocycles. The van der Waals surface area contributed by atoms with Gasteiger partial charge in [-0.05, 0) is 73.1 Å². The fourth-order valence-electron chi connectivity index (χ4n) is 4.81. The topological polar surface area (TPSA) is 117 Å². The molecule has 4 aromatic rings. The first-order valence-corrected chi connectivity index (χ1v) is 16.0. The lowest BCUT2D eigenvalue weighted by Crippen LogP contribution is -2.38. The predicted molar refractivity (Wildman–Crippen MR) is 167 cm³/mol. The fourth-order valence-corrected chi connectivity index (χ4v) is 5.83. The minimum atomic E-state index is -4.01. The summed E-state index contributed by atoms with van der Waals surface area (Å²) in [6.45, 7) is 6.20. The van der Waals surface area contributed by atoms with Crippen molar-refractivity contribution in [2.45, 2.75) is 46.5 Å². The third kappa shape index (κ3) is 8.14. The number of rotatable bonds is 13. The van der Waals surface area contributed by atoms with E-state index in [0.29, 0.717) is 35.8 Å². The van der Waals surface area contributed by atoms with Crippen molar-refractivity contribution < 1.29 is 22.7 Å². The second-order valence-corrected chi connectivity index (χ2v) is 12.5. The molecule has 4 rings (SSSR count). The van der Waals surface area contributed by atoms with Gasteiger partial charge in [0, 0.05) is 17.4 Å². The van der Waals surface area contributed by atoms with Crippen LogP contribution in [0.5, 0.6) is 5.75 Å². The second-order valence-electron chi connectivity index (χ2n) is 10.3. The monoisotopic (exact) mass is 609 g/mol. The van der Waals surface area contributed by atoms with Crippen LogP contribution in [0.4, 0.5) is 0 Å². The van der Waals surface area contributed by atoms with Gasteiger partial charge < -0.3 is 15.0 Å². The second kappa shape index (κ2) is 13.9. The maximum atomic E-state index is 13.2. The minimum absolute atomic E-state index is 0.119. The van der Waals surface area contributed by atoms with Crippen LogP contribution in [0.1, 0.15) is 51.7 Å². The van der Waals surface area contributed by atoms with E-state index in [2.05, 4.69) is 21.9 Å². The van der Waals surface area contributed by atoms with Crippen LogP contribution < -0.4 is 14.8 Å². The highest BCUT2D eigenvalue weighted by Crippen LogP contribution is 2.30. The molecular formula is C32H36ClN3O5S. The Hall–Kier alpha value is -3.82. The van der Waals surface area contributed by atoms with Crippen molar-refractivity contribution in [3.8, 4) is 5.75 Å². The van der Waals surface area contributed by atoms with Gasteiger partial charge >= 0.3 is 0 Å². The van der Waals surface area contributed by atoms with Crippen molar-refractivity contribution in [1.29, 1.82) is 0 Å². The molecule has 0 fully saturated rings. The maximum Gasteiger partial charge on any atom is 0.281 e. The van der Waals surface area contributed by atoms with Crippen LogP contribution in [0, 0.1) is 13.8 Å². The number of H-pyrrole nitrogens is 1. The standard InChI is InChI=1S/C32H36ClN3O5S/c1-4-23-11-13-24(14-12-23)20-29(37)34-15-17-42(39,40)36-32(38)31-26(25-8-5-6-10-27(25)35-31)9-7-16-41-28-19-21(2)18-22(3)30(28)33/h5-6,8,10-14,18-19,35H,4,7,9,15-17,20H2,1-3H3,(H,34,37)(H,36,38). The summed E-state index contributed by atoms with van der Waals surface area (Å²) in [5.74, 6) is -0.859. The molecule has 0 radical (unpaired) electrons. The Balaban J connectivity index is 1.35. The molecule has 3 N–H and O–H groups in total. The molecule has 0 saturated carbocycles. The van der Waals surface area contributed by atoms with Gasteiger partial charge in [0.15, 0.2) is 0 Å². The molecule has 0 aliphatic carbocycles. The number of ether oxygens (including phenoxy) is 1. The molecule has 2 amide bonds. The number of amides is 2. The lowest BCUT2D eigenvalue weighted by Gasteiger charge is -2.12. The van der Waals surface area contributed by atoms with Gasteiger partial charge in [-0.15, -0.1) is 0 Å². The lowest BCUT2D eigenvalue weighted by atomic mass is 10.1. The van der Waals surface area contributed by atoms with Crippen molar-refractivity contribution in [3.05, 3.63) is 99.2 Å². The quantitative estimate of drug-likeness (QED) is 0.175. The third-order valence-corrected chi connectivity index (χ3v) is 8.69. The van der Waals surface area contributed by atoms with Crippen LogP contribution in [0.25, 0.3) is 10.9 Å². The van der Waals surface area contributed by atoms with E-state index in [4.69, 9.17) is 16.3 Å². The SMILES string of the molecule is CCc1ccc(CC(=O)NCCS(=O)(=O)NC(=O)c2[nH]c3ccccc3c2CCCOc2cc(C)cc(C)c2Cl)cc1. The number of fused-ring (bicyclic) bond motifs is 1. The summed E-state index contributed by atoms with van der Waals surface area (Å²) in [6.07, 6.45) is 2.11. The molecule has 0 bridgehead atoms. The number of sulfonamides is 1. The number of aromatic amines is 1. The zero-order valence-corrected chi connectivity index (χ0v) is 25.6. The van der Waals surface area contributed by atoms with Crippen molar-refractivity contribution in [3.63, 3.8) is 0 Å². The van der Waals surface area contributed by atoms with Crippen LogP contribution >= 0.6 is 11.6 Å². The van der Waals surface area contributed by atoms with Gasteiger partial charge in [0.05, 0.1) is 23.8 Å². The minimum Gasteiger partial charge on any atom is -0.492 e. The molecule has 8 nitrogen and oxygen atoms in total. The molecule has 1 heterocycles. The molecule has 3 aromatic carbocycles. The Morgan fingerprint density at radius 3 is 2.45 bits per heavy atom. The number of carbonyl (C=O) groups excluding carboxylic acids is 2. The van der Waals surface area contributed by atoms with Gasteiger partial charge in [-0.1, -0.05) is 67.1 Å². The van der Waals surface area contributed by atoms with Crippen molar-refractivity contribution in [1.82, 2.24) is 15.0 Å². The van der Waals surface area contributed by atoms with E-state index in [9.17, 15) is 18.0 Å². The largest absolute Gasteiger partial charge is 0.492 e. The highest BCUT2D eigenvalue weighted by Gasteiger charge is 2.22. The van der Waals surface area contributed by atoms with E-state index < -0.39 is 21.7 Å². The van der Waals surface area contributed by atoms with E-state index in [1.54, 1.807) is 0 Å². The number of halogens is 1. The Kier molecular flexibility index (Phi) is 10.3. The Morgan fingerprint density at radius 1 is 1.00 bits per heavy atom. The van der Waals surface area contributed by atoms with Crippen LogP contribution in [-0.4, -0.2) is 44.1 Å². The molecular weight excluding hydrogens is 574 g/mol. The summed E-state index contributed by atoms with van der Waals surface area (Å²) in [4.78, 5) is 28.5. The maximum absolute atomic E-state index is 13.2. The summed E-state index contributed by atoms with van der Waals surface area (Å²) in [7, 11) is -4.01. The predicted octanol–water partition coefficient (Wildman–Crippen LogP) is 5.43. The Bertz CT molecular complexity index is 1680. The summed E-state index contributed by atoms with van der Waals surface area (Å²) in [6, 6.07) is 19.0. The molecule has 222 valence electrons. The van der Waals surface area contributed by atoms with Gasteiger partial charge in [-0.25, -0.2) is 13.1 Å². The molecule has 42 heavy (non-hydrogen) atoms. The average molecular weight is 610 g/mol. The molecule has 0 spiro atoms. The molecule has 0 atom stereocenters. The van der Waals surface area contributed by atoms with Gasteiger partial charge in [-0.2, -0.15) is 0 Å². The van der Waals surface area contributed by atoms with Gasteiger partial charge in [0.2, 0.25) is 15.9 Å². The first-order chi connectivity index (χ1) is 20.1. The lowest BCUT2D eigenvalue weighted by molar-refractivity contribution is -0.120. The van der Waals surface area contributed by atoms with Crippen LogP contribution in [0.15, 0.2) is 60.7 Å². The summed E-state index contributed by atoms with van der Waals surface area (Å²) >= 11 is 6.39. The molecule has 0 unspecified atom stereocenters. The van der Waals surface area contributed by atoms with Crippen molar-refractivity contribution in [2.24, 2.45) is 0 Å². The molecule has 10 heteroatoms. The van der Waals surface area contributed by atoms with Gasteiger partial charge in [-0.3, -0.25) is 9.59 Å². The summed E-state index contributed by atoms with van der Waals surface area (Å²) < 4.78 is 33.5. The normalized spacial score (nSPS) is 11.4. The number of nitrogens with one attached hydrogen (secondary N) is 3. The van der Waals surface area contributed by atoms with Crippen LogP contribution in [-0.2, 0) is 34.1 Å². The molecule has 1 aromatic heterocycles. The highest BCUT2D eigenvalue weighted by molar-refractivity contribution is 7.90.